The van der Waals surface area contributed by atoms with Gasteiger partial charge in [-0.05, 0) is 131 Å². The number of carbonyl (C=O) groups is 3. The highest BCUT2D eigenvalue weighted by Gasteiger charge is 2.15. The van der Waals surface area contributed by atoms with Crippen molar-refractivity contribution in [2.24, 2.45) is 25.6 Å². The molecule has 0 radical (unpaired) electrons. The number of ketones is 1. The van der Waals surface area contributed by atoms with Crippen LogP contribution >= 0.6 is 23.2 Å². The van der Waals surface area contributed by atoms with Crippen LogP contribution in [0.15, 0.2) is 208 Å². The number of rotatable bonds is 15. The second-order valence-electron chi connectivity index (χ2n) is 15.9. The molecule has 3 amide bonds. The van der Waals surface area contributed by atoms with E-state index in [0.29, 0.717) is 65.8 Å². The number of carbonyl (C=O) groups excluding carboxylic acids is 3. The first kappa shape index (κ1) is 47.6. The van der Waals surface area contributed by atoms with Crippen LogP contribution in [0.1, 0.15) is 31.8 Å². The number of phenols is 2. The average molecular weight is 994 g/mol. The summed E-state index contributed by atoms with van der Waals surface area (Å²) < 4.78 is 0. The van der Waals surface area contributed by atoms with Crippen molar-refractivity contribution < 1.29 is 34.3 Å². The molecular formula is C55H38Cl2N8O7. The van der Waals surface area contributed by atoms with Crippen molar-refractivity contribution in [3.63, 3.8) is 0 Å². The molecule has 0 aliphatic heterocycles. The van der Waals surface area contributed by atoms with Gasteiger partial charge in [0, 0.05) is 43.2 Å². The average Bonchev–Trinajstić information content (AvgIpc) is 3.39. The molecule has 354 valence electrons. The van der Waals surface area contributed by atoms with E-state index < -0.39 is 11.9 Å². The van der Waals surface area contributed by atoms with Gasteiger partial charge in [-0.15, -0.1) is 10.2 Å². The first-order valence-corrected chi connectivity index (χ1v) is 22.7. The van der Waals surface area contributed by atoms with Gasteiger partial charge in [0.2, 0.25) is 6.40 Å². The molecule has 0 aliphatic carbocycles. The summed E-state index contributed by atoms with van der Waals surface area (Å²) in [5.74, 6) is -0.939. The first-order chi connectivity index (χ1) is 35.0. The van der Waals surface area contributed by atoms with Crippen LogP contribution in [0.25, 0.3) is 32.7 Å². The number of benzene rings is 9. The Kier molecular flexibility index (Phi) is 14.5. The number of phenolic OH excluding ortho intramolecular Hbond substituents is 2. The Hall–Kier alpha value is -9.44. The van der Waals surface area contributed by atoms with E-state index in [-0.39, 0.29) is 35.1 Å². The number of anilines is 2. The summed E-state index contributed by atoms with van der Waals surface area (Å²) in [5, 5.41) is 51.1. The van der Waals surface area contributed by atoms with Crippen LogP contribution in [-0.2, 0) is 16.3 Å². The number of imide groups is 1. The molecule has 17 heteroatoms. The highest BCUT2D eigenvalue weighted by molar-refractivity contribution is 6.31. The number of azo groups is 2. The van der Waals surface area contributed by atoms with Gasteiger partial charge < -0.3 is 25.2 Å². The van der Waals surface area contributed by atoms with E-state index in [2.05, 4.69) is 41.7 Å². The Morgan fingerprint density at radius 3 is 1.69 bits per heavy atom. The molecule has 72 heavy (non-hydrogen) atoms. The lowest BCUT2D eigenvalue weighted by atomic mass is 9.99. The van der Waals surface area contributed by atoms with E-state index in [4.69, 9.17) is 32.9 Å². The lowest BCUT2D eigenvalue weighted by molar-refractivity contribution is 0.0966. The largest absolute Gasteiger partial charge is 0.506 e. The van der Waals surface area contributed by atoms with Crippen molar-refractivity contribution in [3.05, 3.63) is 214 Å². The Bertz CT molecular complexity index is 3590. The summed E-state index contributed by atoms with van der Waals surface area (Å²) in [6.45, 7) is 0.167. The third-order valence-electron chi connectivity index (χ3n) is 11.0. The van der Waals surface area contributed by atoms with Crippen molar-refractivity contribution in [1.29, 1.82) is 0 Å². The van der Waals surface area contributed by atoms with Crippen LogP contribution in [0.4, 0.5) is 38.9 Å². The SMILES string of the molecule is O=C(NC(=O)c1ccc2c(N=Nc3ccc(-c4ccc(C(=O)c5ccc(N=Nc6c(O)ccc7cc(CON=CONc8cccc(Cl)c8)ccc67)cc5)cc4)cc3)c(O)ccc2c1)Nc1cccc(Cl)c1. The van der Waals surface area contributed by atoms with Gasteiger partial charge in [0.15, 0.2) is 5.78 Å². The maximum absolute atomic E-state index is 13.5. The zero-order valence-corrected chi connectivity index (χ0v) is 39.0. The first-order valence-electron chi connectivity index (χ1n) is 21.9. The number of oxime groups is 1. The molecule has 0 aromatic heterocycles. The third-order valence-corrected chi connectivity index (χ3v) is 11.5. The number of nitrogens with one attached hydrogen (secondary N) is 3. The summed E-state index contributed by atoms with van der Waals surface area (Å²) in [6.07, 6.45) is 1.13. The normalized spacial score (nSPS) is 11.4. The van der Waals surface area contributed by atoms with E-state index in [9.17, 15) is 24.6 Å². The molecule has 9 aromatic rings. The molecule has 0 atom stereocenters. The van der Waals surface area contributed by atoms with E-state index in [1.807, 2.05) is 42.5 Å². The van der Waals surface area contributed by atoms with Gasteiger partial charge >= 0.3 is 6.03 Å². The van der Waals surface area contributed by atoms with Gasteiger partial charge in [-0.25, -0.2) is 10.3 Å². The minimum Gasteiger partial charge on any atom is -0.506 e. The van der Waals surface area contributed by atoms with Crippen molar-refractivity contribution >= 4 is 103 Å². The second-order valence-corrected chi connectivity index (χ2v) is 16.8. The molecule has 0 spiro atoms. The van der Waals surface area contributed by atoms with E-state index >= 15 is 0 Å². The Morgan fingerprint density at radius 1 is 0.542 bits per heavy atom. The molecule has 0 saturated carbocycles. The smallest absolute Gasteiger partial charge is 0.326 e. The highest BCUT2D eigenvalue weighted by Crippen LogP contribution is 2.38. The lowest BCUT2D eigenvalue weighted by Crippen LogP contribution is -2.34. The predicted molar refractivity (Wildman–Crippen MR) is 279 cm³/mol. The number of fused-ring (bicyclic) bond motifs is 2. The summed E-state index contributed by atoms with van der Waals surface area (Å²) in [7, 11) is 0. The van der Waals surface area contributed by atoms with Crippen LogP contribution in [0.3, 0.4) is 0 Å². The van der Waals surface area contributed by atoms with Crippen LogP contribution in [0.2, 0.25) is 10.0 Å². The van der Waals surface area contributed by atoms with E-state index in [1.54, 1.807) is 127 Å². The summed E-state index contributed by atoms with van der Waals surface area (Å²) >= 11 is 11.9. The van der Waals surface area contributed by atoms with Gasteiger partial charge in [0.25, 0.3) is 5.91 Å². The van der Waals surface area contributed by atoms with Gasteiger partial charge in [-0.3, -0.25) is 14.9 Å². The number of hydrogen-bond acceptors (Lipinski definition) is 13. The monoisotopic (exact) mass is 992 g/mol. The number of nitrogens with zero attached hydrogens (tertiary/aromatic N) is 5. The molecular weight excluding hydrogens is 956 g/mol. The lowest BCUT2D eigenvalue weighted by Gasteiger charge is -2.09. The maximum Gasteiger partial charge on any atom is 0.326 e. The number of urea groups is 1. The van der Waals surface area contributed by atoms with Crippen LogP contribution in [-0.4, -0.2) is 34.3 Å². The van der Waals surface area contributed by atoms with Crippen molar-refractivity contribution in [3.8, 4) is 22.6 Å². The Balaban J connectivity index is 0.786. The van der Waals surface area contributed by atoms with E-state index in [1.165, 1.54) is 12.1 Å². The molecule has 0 saturated heterocycles. The molecule has 15 nitrogen and oxygen atoms in total. The van der Waals surface area contributed by atoms with Crippen molar-refractivity contribution in [2.45, 2.75) is 6.61 Å². The fraction of sp³-hybridized carbons (Fsp3) is 0.0182. The molecule has 0 bridgehead atoms. The van der Waals surface area contributed by atoms with Gasteiger partial charge in [-0.2, -0.15) is 10.2 Å². The fourth-order valence-corrected chi connectivity index (χ4v) is 7.79. The highest BCUT2D eigenvalue weighted by atomic mass is 35.5. The molecule has 0 aliphatic rings. The number of hydrogen-bond donors (Lipinski definition) is 5. The maximum atomic E-state index is 13.5. The molecule has 5 N–H and O–H groups in total. The van der Waals surface area contributed by atoms with Crippen molar-refractivity contribution in [2.75, 3.05) is 10.8 Å². The minimum atomic E-state index is -0.719. The van der Waals surface area contributed by atoms with Crippen molar-refractivity contribution in [1.82, 2.24) is 5.32 Å². The van der Waals surface area contributed by atoms with Crippen LogP contribution < -0.4 is 16.1 Å². The summed E-state index contributed by atoms with van der Waals surface area (Å²) in [6, 6.07) is 50.8. The van der Waals surface area contributed by atoms with E-state index in [0.717, 1.165) is 28.5 Å². The van der Waals surface area contributed by atoms with Gasteiger partial charge in [0.1, 0.15) is 29.5 Å². The zero-order valence-electron chi connectivity index (χ0n) is 37.5. The minimum absolute atomic E-state index is 0.0397. The number of halogens is 2. The Morgan fingerprint density at radius 2 is 1.07 bits per heavy atom. The molecule has 9 aromatic carbocycles. The predicted octanol–water partition coefficient (Wildman–Crippen LogP) is 14.9. The molecule has 0 heterocycles. The van der Waals surface area contributed by atoms with Gasteiger partial charge in [-0.1, -0.05) is 107 Å². The Labute approximate surface area is 420 Å². The van der Waals surface area contributed by atoms with Gasteiger partial charge in [0.05, 0.1) is 17.1 Å². The zero-order chi connectivity index (χ0) is 50.0. The standard InChI is InChI=1S/C55H38Cl2N8O7/c56-41-3-1-5-45(29-41)59-55(70)60-54(69)40-16-24-48-39(28-40)18-26-50(67)52(48)64-61-43-19-12-35(13-20-43)34-8-10-36(11-9-34)53(68)37-14-21-44(22-15-37)62-63-51-47-23-7-33(27-38(47)17-25-49(51)66)31-71-58-32-72-65-46-6-2-4-42(57)30-46/h1-30,32,65-67H,31H2,(H2,59,60,69,70). The second kappa shape index (κ2) is 21.9. The molecule has 9 rings (SSSR count). The molecule has 0 unspecified atom stereocenters. The number of amides is 3. The quantitative estimate of drug-likeness (QED) is 0.0219. The third kappa shape index (κ3) is 11.7. The summed E-state index contributed by atoms with van der Waals surface area (Å²) in [4.78, 5) is 49.3. The number of aromatic hydroxyl groups is 2. The van der Waals surface area contributed by atoms with Crippen LogP contribution in [0, 0.1) is 0 Å². The fourth-order valence-electron chi connectivity index (χ4n) is 7.40. The molecule has 0 fully saturated rings. The topological polar surface area (TPSA) is 208 Å². The summed E-state index contributed by atoms with van der Waals surface area (Å²) in [5.41, 5.74) is 9.05. The van der Waals surface area contributed by atoms with Crippen LogP contribution in [0.5, 0.6) is 11.5 Å².